The van der Waals surface area contributed by atoms with Crippen molar-refractivity contribution < 1.29 is 0 Å². The van der Waals surface area contributed by atoms with Gasteiger partial charge in [0.15, 0.2) is 0 Å². The molecular formula is C12H15N3. The molecule has 78 valence electrons. The van der Waals surface area contributed by atoms with Crippen molar-refractivity contribution in [3.05, 3.63) is 41.7 Å². The Labute approximate surface area is 89.7 Å². The van der Waals surface area contributed by atoms with Crippen LogP contribution in [0.5, 0.6) is 0 Å². The summed E-state index contributed by atoms with van der Waals surface area (Å²) in [5.41, 5.74) is 3.08. The average molecular weight is 201 g/mol. The van der Waals surface area contributed by atoms with Crippen LogP contribution in [0.3, 0.4) is 0 Å². The molecule has 0 fully saturated rings. The Balaban J connectivity index is 2.43. The summed E-state index contributed by atoms with van der Waals surface area (Å²) in [7, 11) is 0. The molecule has 0 atom stereocenters. The van der Waals surface area contributed by atoms with Gasteiger partial charge in [-0.25, -0.2) is 0 Å². The zero-order chi connectivity index (χ0) is 10.8. The van der Waals surface area contributed by atoms with Gasteiger partial charge in [-0.15, -0.1) is 0 Å². The van der Waals surface area contributed by atoms with E-state index in [2.05, 4.69) is 24.0 Å². The van der Waals surface area contributed by atoms with E-state index in [1.807, 2.05) is 37.3 Å². The zero-order valence-corrected chi connectivity index (χ0v) is 9.31. The van der Waals surface area contributed by atoms with Gasteiger partial charge in [-0.1, -0.05) is 32.0 Å². The molecule has 3 heteroatoms. The second-order valence-electron chi connectivity index (χ2n) is 3.95. The fourth-order valence-electron chi connectivity index (χ4n) is 1.60. The van der Waals surface area contributed by atoms with Gasteiger partial charge in [0, 0.05) is 0 Å². The molecule has 0 saturated heterocycles. The number of aromatic nitrogens is 3. The summed E-state index contributed by atoms with van der Waals surface area (Å²) in [6.45, 7) is 6.26. The highest BCUT2D eigenvalue weighted by molar-refractivity contribution is 5.29. The molecule has 0 aliphatic carbocycles. The number of nitrogens with zero attached hydrogens (tertiary/aromatic N) is 3. The first-order valence-corrected chi connectivity index (χ1v) is 5.17. The van der Waals surface area contributed by atoms with E-state index in [1.54, 1.807) is 4.80 Å². The quantitative estimate of drug-likeness (QED) is 0.748. The second kappa shape index (κ2) is 3.85. The van der Waals surface area contributed by atoms with Gasteiger partial charge < -0.3 is 0 Å². The van der Waals surface area contributed by atoms with Crippen LogP contribution in [0.1, 0.15) is 31.2 Å². The van der Waals surface area contributed by atoms with Crippen LogP contribution in [0, 0.1) is 6.92 Å². The number of para-hydroxylation sites is 1. The average Bonchev–Trinajstić information content (AvgIpc) is 2.62. The van der Waals surface area contributed by atoms with Gasteiger partial charge in [-0.2, -0.15) is 15.0 Å². The molecule has 1 aromatic heterocycles. The molecule has 0 aliphatic rings. The van der Waals surface area contributed by atoms with Crippen molar-refractivity contribution in [2.45, 2.75) is 26.7 Å². The van der Waals surface area contributed by atoms with E-state index in [0.717, 1.165) is 17.1 Å². The van der Waals surface area contributed by atoms with Gasteiger partial charge in [0.25, 0.3) is 0 Å². The molecule has 0 saturated carbocycles. The molecule has 0 unspecified atom stereocenters. The minimum atomic E-state index is 0.419. The smallest absolute Gasteiger partial charge is 0.0886 e. The van der Waals surface area contributed by atoms with Gasteiger partial charge in [-0.3, -0.25) is 0 Å². The lowest BCUT2D eigenvalue weighted by Crippen LogP contribution is -1.99. The normalized spacial score (nSPS) is 10.9. The van der Waals surface area contributed by atoms with Crippen molar-refractivity contribution in [2.24, 2.45) is 0 Å². The Bertz CT molecular complexity index is 443. The monoisotopic (exact) mass is 201 g/mol. The first-order chi connectivity index (χ1) is 7.18. The van der Waals surface area contributed by atoms with Crippen LogP contribution in [0.4, 0.5) is 0 Å². The molecule has 2 rings (SSSR count). The number of hydrogen-bond acceptors (Lipinski definition) is 2. The molecule has 0 N–H and O–H groups in total. The van der Waals surface area contributed by atoms with Crippen molar-refractivity contribution in [1.29, 1.82) is 0 Å². The molecule has 0 bridgehead atoms. The molecule has 1 heterocycles. The molecule has 0 radical (unpaired) electrons. The predicted molar refractivity (Wildman–Crippen MR) is 60.2 cm³/mol. The standard InChI is InChI=1S/C12H15N3/c1-9(2)12-10(3)13-15(14-12)11-7-5-4-6-8-11/h4-9H,1-3H3. The van der Waals surface area contributed by atoms with Crippen molar-refractivity contribution in [2.75, 3.05) is 0 Å². The second-order valence-corrected chi connectivity index (χ2v) is 3.95. The van der Waals surface area contributed by atoms with Gasteiger partial charge in [0.1, 0.15) is 0 Å². The Morgan fingerprint density at radius 1 is 1.07 bits per heavy atom. The maximum Gasteiger partial charge on any atom is 0.0886 e. The van der Waals surface area contributed by atoms with Crippen LogP contribution in [-0.4, -0.2) is 15.0 Å². The topological polar surface area (TPSA) is 30.7 Å². The Kier molecular flexibility index (Phi) is 2.54. The Hall–Kier alpha value is -1.64. The van der Waals surface area contributed by atoms with Gasteiger partial charge in [0.2, 0.25) is 0 Å². The van der Waals surface area contributed by atoms with E-state index >= 15 is 0 Å². The molecule has 0 spiro atoms. The summed E-state index contributed by atoms with van der Waals surface area (Å²) in [4.78, 5) is 1.70. The van der Waals surface area contributed by atoms with Crippen LogP contribution in [0.25, 0.3) is 5.69 Å². The van der Waals surface area contributed by atoms with Crippen molar-refractivity contribution in [3.63, 3.8) is 0 Å². The van der Waals surface area contributed by atoms with E-state index < -0.39 is 0 Å². The first kappa shape index (κ1) is 9.90. The summed E-state index contributed by atoms with van der Waals surface area (Å²) in [6.07, 6.45) is 0. The molecule has 0 aliphatic heterocycles. The summed E-state index contributed by atoms with van der Waals surface area (Å²) < 4.78 is 0. The highest BCUT2D eigenvalue weighted by atomic mass is 15.5. The van der Waals surface area contributed by atoms with E-state index in [9.17, 15) is 0 Å². The fourth-order valence-corrected chi connectivity index (χ4v) is 1.60. The predicted octanol–water partition coefficient (Wildman–Crippen LogP) is 2.70. The zero-order valence-electron chi connectivity index (χ0n) is 9.31. The maximum absolute atomic E-state index is 4.49. The lowest BCUT2D eigenvalue weighted by atomic mass is 10.1. The molecular weight excluding hydrogens is 186 g/mol. The minimum Gasteiger partial charge on any atom is -0.153 e. The summed E-state index contributed by atoms with van der Waals surface area (Å²) in [5.74, 6) is 0.419. The number of aryl methyl sites for hydroxylation is 1. The van der Waals surface area contributed by atoms with E-state index in [0.29, 0.717) is 5.92 Å². The van der Waals surface area contributed by atoms with Gasteiger partial charge >= 0.3 is 0 Å². The maximum atomic E-state index is 4.49. The largest absolute Gasteiger partial charge is 0.153 e. The van der Waals surface area contributed by atoms with E-state index in [1.165, 1.54) is 0 Å². The Morgan fingerprint density at radius 3 is 2.27 bits per heavy atom. The SMILES string of the molecule is Cc1nn(-c2ccccc2)nc1C(C)C. The van der Waals surface area contributed by atoms with E-state index in [-0.39, 0.29) is 0 Å². The van der Waals surface area contributed by atoms with Crippen LogP contribution >= 0.6 is 0 Å². The lowest BCUT2D eigenvalue weighted by molar-refractivity contribution is 0.717. The third-order valence-corrected chi connectivity index (χ3v) is 2.35. The molecule has 2 aromatic rings. The van der Waals surface area contributed by atoms with Gasteiger partial charge in [-0.05, 0) is 25.0 Å². The van der Waals surface area contributed by atoms with Crippen molar-refractivity contribution in [1.82, 2.24) is 15.0 Å². The van der Waals surface area contributed by atoms with Crippen molar-refractivity contribution >= 4 is 0 Å². The number of benzene rings is 1. The Morgan fingerprint density at radius 2 is 1.73 bits per heavy atom. The third kappa shape index (κ3) is 1.91. The number of rotatable bonds is 2. The highest BCUT2D eigenvalue weighted by Gasteiger charge is 2.10. The van der Waals surface area contributed by atoms with Crippen LogP contribution in [0.15, 0.2) is 30.3 Å². The lowest BCUT2D eigenvalue weighted by Gasteiger charge is -1.99. The molecule has 0 amide bonds. The molecule has 3 nitrogen and oxygen atoms in total. The summed E-state index contributed by atoms with van der Waals surface area (Å²) >= 11 is 0. The van der Waals surface area contributed by atoms with Crippen LogP contribution in [0.2, 0.25) is 0 Å². The van der Waals surface area contributed by atoms with E-state index in [4.69, 9.17) is 0 Å². The van der Waals surface area contributed by atoms with Crippen LogP contribution < -0.4 is 0 Å². The summed E-state index contributed by atoms with van der Waals surface area (Å²) in [6, 6.07) is 9.97. The first-order valence-electron chi connectivity index (χ1n) is 5.17. The highest BCUT2D eigenvalue weighted by Crippen LogP contribution is 2.15. The minimum absolute atomic E-state index is 0.419. The third-order valence-electron chi connectivity index (χ3n) is 2.35. The molecule has 1 aromatic carbocycles. The van der Waals surface area contributed by atoms with Crippen molar-refractivity contribution in [3.8, 4) is 5.69 Å². The number of hydrogen-bond donors (Lipinski definition) is 0. The summed E-state index contributed by atoms with van der Waals surface area (Å²) in [5, 5.41) is 8.89. The van der Waals surface area contributed by atoms with Gasteiger partial charge in [0.05, 0.1) is 17.1 Å². The molecule has 15 heavy (non-hydrogen) atoms. The fraction of sp³-hybridized carbons (Fsp3) is 0.333. The van der Waals surface area contributed by atoms with Crippen LogP contribution in [-0.2, 0) is 0 Å².